The van der Waals surface area contributed by atoms with E-state index >= 15 is 0 Å². The van der Waals surface area contributed by atoms with Crippen LogP contribution in [0.15, 0.2) is 24.3 Å². The Bertz CT molecular complexity index is 538. The van der Waals surface area contributed by atoms with E-state index in [1.807, 2.05) is 31.3 Å². The molecule has 1 unspecified atom stereocenters. The van der Waals surface area contributed by atoms with Crippen molar-refractivity contribution in [1.82, 2.24) is 4.90 Å². The molecule has 1 aromatic carbocycles. The molecule has 1 aliphatic heterocycles. The summed E-state index contributed by atoms with van der Waals surface area (Å²) < 4.78 is 5.50. The van der Waals surface area contributed by atoms with E-state index in [1.54, 1.807) is 4.90 Å². The first kappa shape index (κ1) is 15.6. The summed E-state index contributed by atoms with van der Waals surface area (Å²) in [7, 11) is 1.81. The Morgan fingerprint density at radius 3 is 3.10 bits per heavy atom. The second-order valence-electron chi connectivity index (χ2n) is 5.25. The zero-order valence-electron chi connectivity index (χ0n) is 12.3. The average Bonchev–Trinajstić information content (AvgIpc) is 2.98. The van der Waals surface area contributed by atoms with Gasteiger partial charge in [-0.25, -0.2) is 0 Å². The molecule has 4 nitrogen and oxygen atoms in total. The predicted molar refractivity (Wildman–Crippen MR) is 80.5 cm³/mol. The second kappa shape index (κ2) is 7.82. The molecule has 1 fully saturated rings. The summed E-state index contributed by atoms with van der Waals surface area (Å²) >= 11 is 0. The molecule has 0 saturated carbocycles. The number of amides is 1. The predicted octanol–water partition coefficient (Wildman–Crippen LogP) is 1.56. The van der Waals surface area contributed by atoms with Gasteiger partial charge in [-0.05, 0) is 30.5 Å². The minimum Gasteiger partial charge on any atom is -0.384 e. The summed E-state index contributed by atoms with van der Waals surface area (Å²) in [6, 6.07) is 7.72. The summed E-state index contributed by atoms with van der Waals surface area (Å²) in [4.78, 5) is 13.9. The first-order chi connectivity index (χ1) is 10.2. The van der Waals surface area contributed by atoms with Crippen LogP contribution in [0.4, 0.5) is 0 Å². The molecule has 21 heavy (non-hydrogen) atoms. The van der Waals surface area contributed by atoms with Crippen molar-refractivity contribution in [2.24, 2.45) is 0 Å². The number of hydrogen-bond acceptors (Lipinski definition) is 3. The van der Waals surface area contributed by atoms with E-state index in [1.165, 1.54) is 0 Å². The SMILES string of the molecule is CN(Cc1cccc(C#CCO)c1)C(=O)CC1CCCO1. The first-order valence-electron chi connectivity index (χ1n) is 7.23. The number of carbonyl (C=O) groups is 1. The van der Waals surface area contributed by atoms with Crippen LogP contribution in [-0.2, 0) is 16.1 Å². The molecule has 112 valence electrons. The third-order valence-corrected chi connectivity index (χ3v) is 3.51. The van der Waals surface area contributed by atoms with Gasteiger partial charge in [0.1, 0.15) is 6.61 Å². The van der Waals surface area contributed by atoms with Crippen molar-refractivity contribution in [3.63, 3.8) is 0 Å². The molecule has 1 saturated heterocycles. The van der Waals surface area contributed by atoms with Crippen LogP contribution in [0, 0.1) is 11.8 Å². The van der Waals surface area contributed by atoms with Gasteiger partial charge in [0.2, 0.25) is 5.91 Å². The van der Waals surface area contributed by atoms with Crippen LogP contribution in [-0.4, -0.2) is 42.3 Å². The molecule has 1 atom stereocenters. The molecular formula is C17H21NO3. The molecule has 1 N–H and O–H groups in total. The highest BCUT2D eigenvalue weighted by Gasteiger charge is 2.21. The lowest BCUT2D eigenvalue weighted by Gasteiger charge is -2.19. The fourth-order valence-electron chi connectivity index (χ4n) is 2.41. The number of benzene rings is 1. The van der Waals surface area contributed by atoms with E-state index in [0.29, 0.717) is 13.0 Å². The van der Waals surface area contributed by atoms with E-state index in [2.05, 4.69) is 11.8 Å². The zero-order valence-corrected chi connectivity index (χ0v) is 12.3. The maximum absolute atomic E-state index is 12.1. The van der Waals surface area contributed by atoms with Crippen LogP contribution in [0.1, 0.15) is 30.4 Å². The van der Waals surface area contributed by atoms with Gasteiger partial charge in [-0.15, -0.1) is 0 Å². The van der Waals surface area contributed by atoms with Gasteiger partial charge in [-0.2, -0.15) is 0 Å². The third kappa shape index (κ3) is 4.89. The van der Waals surface area contributed by atoms with E-state index in [-0.39, 0.29) is 18.6 Å². The largest absolute Gasteiger partial charge is 0.384 e. The average molecular weight is 287 g/mol. The number of carbonyl (C=O) groups excluding carboxylic acids is 1. The molecule has 1 heterocycles. The Labute approximate surface area is 125 Å². The lowest BCUT2D eigenvalue weighted by atomic mass is 10.1. The fourth-order valence-corrected chi connectivity index (χ4v) is 2.41. The Morgan fingerprint density at radius 1 is 1.52 bits per heavy atom. The number of nitrogens with zero attached hydrogens (tertiary/aromatic N) is 1. The van der Waals surface area contributed by atoms with E-state index in [4.69, 9.17) is 9.84 Å². The van der Waals surface area contributed by atoms with Crippen LogP contribution >= 0.6 is 0 Å². The summed E-state index contributed by atoms with van der Waals surface area (Å²) in [5, 5.41) is 8.71. The molecule has 1 aromatic rings. The van der Waals surface area contributed by atoms with E-state index in [0.717, 1.165) is 30.6 Å². The lowest BCUT2D eigenvalue weighted by molar-refractivity contribution is -0.132. The van der Waals surface area contributed by atoms with Crippen LogP contribution in [0.25, 0.3) is 0 Å². The molecule has 0 aliphatic carbocycles. The number of aliphatic hydroxyl groups is 1. The van der Waals surface area contributed by atoms with Crippen molar-refractivity contribution in [3.8, 4) is 11.8 Å². The molecule has 0 spiro atoms. The van der Waals surface area contributed by atoms with Crippen molar-refractivity contribution in [2.75, 3.05) is 20.3 Å². The summed E-state index contributed by atoms with van der Waals surface area (Å²) in [5.74, 6) is 5.60. The molecule has 2 rings (SSSR count). The van der Waals surface area contributed by atoms with Crippen molar-refractivity contribution in [1.29, 1.82) is 0 Å². The highest BCUT2D eigenvalue weighted by molar-refractivity contribution is 5.76. The minimum atomic E-state index is -0.149. The van der Waals surface area contributed by atoms with Crippen molar-refractivity contribution < 1.29 is 14.6 Å². The monoisotopic (exact) mass is 287 g/mol. The smallest absolute Gasteiger partial charge is 0.225 e. The molecule has 4 heteroatoms. The topological polar surface area (TPSA) is 49.8 Å². The Morgan fingerprint density at radius 2 is 2.38 bits per heavy atom. The quantitative estimate of drug-likeness (QED) is 0.855. The highest BCUT2D eigenvalue weighted by Crippen LogP contribution is 2.17. The van der Waals surface area contributed by atoms with Gasteiger partial charge in [-0.1, -0.05) is 24.0 Å². The van der Waals surface area contributed by atoms with Crippen molar-refractivity contribution in [2.45, 2.75) is 31.9 Å². The van der Waals surface area contributed by atoms with E-state index in [9.17, 15) is 4.79 Å². The molecule has 0 radical (unpaired) electrons. The summed E-state index contributed by atoms with van der Waals surface area (Å²) in [5.41, 5.74) is 1.88. The van der Waals surface area contributed by atoms with Gasteiger partial charge in [0.05, 0.1) is 12.5 Å². The van der Waals surface area contributed by atoms with Gasteiger partial charge in [0.25, 0.3) is 0 Å². The highest BCUT2D eigenvalue weighted by atomic mass is 16.5. The maximum Gasteiger partial charge on any atom is 0.225 e. The van der Waals surface area contributed by atoms with Gasteiger partial charge in [0, 0.05) is 25.8 Å². The van der Waals surface area contributed by atoms with Crippen LogP contribution in [0.3, 0.4) is 0 Å². The van der Waals surface area contributed by atoms with Crippen LogP contribution < -0.4 is 0 Å². The molecule has 1 aliphatic rings. The van der Waals surface area contributed by atoms with Crippen LogP contribution in [0.2, 0.25) is 0 Å². The standard InChI is InChI=1S/C17H21NO3/c1-18(17(20)12-16-8-4-10-21-16)13-15-6-2-5-14(11-15)7-3-9-19/h2,5-6,11,16,19H,4,8-10,12-13H2,1H3. The van der Waals surface area contributed by atoms with Gasteiger partial charge < -0.3 is 14.7 Å². The van der Waals surface area contributed by atoms with Crippen molar-refractivity contribution in [3.05, 3.63) is 35.4 Å². The number of hydrogen-bond donors (Lipinski definition) is 1. The van der Waals surface area contributed by atoms with Crippen molar-refractivity contribution >= 4 is 5.91 Å². The van der Waals surface area contributed by atoms with Gasteiger partial charge in [0.15, 0.2) is 0 Å². The van der Waals surface area contributed by atoms with Gasteiger partial charge >= 0.3 is 0 Å². The second-order valence-corrected chi connectivity index (χ2v) is 5.25. The molecule has 0 bridgehead atoms. The number of aliphatic hydroxyl groups excluding tert-OH is 1. The fraction of sp³-hybridized carbons (Fsp3) is 0.471. The van der Waals surface area contributed by atoms with Gasteiger partial charge in [-0.3, -0.25) is 4.79 Å². The Hall–Kier alpha value is -1.83. The molecule has 1 amide bonds. The first-order valence-corrected chi connectivity index (χ1v) is 7.23. The summed E-state index contributed by atoms with van der Waals surface area (Å²) in [6.07, 6.45) is 2.57. The Balaban J connectivity index is 1.91. The normalized spacial score (nSPS) is 17.1. The number of rotatable bonds is 4. The molecular weight excluding hydrogens is 266 g/mol. The molecule has 0 aromatic heterocycles. The summed E-state index contributed by atoms with van der Waals surface area (Å²) in [6.45, 7) is 1.18. The lowest BCUT2D eigenvalue weighted by Crippen LogP contribution is -2.29. The third-order valence-electron chi connectivity index (χ3n) is 3.51. The van der Waals surface area contributed by atoms with E-state index < -0.39 is 0 Å². The maximum atomic E-state index is 12.1. The van der Waals surface area contributed by atoms with Crippen LogP contribution in [0.5, 0.6) is 0 Å². The number of ether oxygens (including phenoxy) is 1. The minimum absolute atomic E-state index is 0.0849. The zero-order chi connectivity index (χ0) is 15.1. The Kier molecular flexibility index (Phi) is 5.79.